The van der Waals surface area contributed by atoms with Gasteiger partial charge in [0.25, 0.3) is 0 Å². The zero-order chi connectivity index (χ0) is 23.5. The van der Waals surface area contributed by atoms with Crippen LogP contribution in [0.3, 0.4) is 0 Å². The van der Waals surface area contributed by atoms with Crippen LogP contribution in [0.25, 0.3) is 0 Å². The van der Waals surface area contributed by atoms with E-state index in [9.17, 15) is 5.11 Å². The average Bonchev–Trinajstić information content (AvgIpc) is 3.02. The molecule has 186 valence electrons. The number of ether oxygens (including phenoxy) is 2. The highest BCUT2D eigenvalue weighted by atomic mass is 16.7. The molecule has 0 aromatic heterocycles. The first-order chi connectivity index (χ1) is 15.4. The first kappa shape index (κ1) is 27.6. The van der Waals surface area contributed by atoms with Gasteiger partial charge in [-0.05, 0) is 62.9 Å². The zero-order valence-electron chi connectivity index (χ0n) is 21.9. The molecule has 3 nitrogen and oxygen atoms in total. The lowest BCUT2D eigenvalue weighted by molar-refractivity contribution is -0.184. The van der Waals surface area contributed by atoms with Crippen LogP contribution in [-0.2, 0) is 9.47 Å². The summed E-state index contributed by atoms with van der Waals surface area (Å²) in [5, 5.41) is 11.8. The van der Waals surface area contributed by atoms with Crippen LogP contribution in [0.4, 0.5) is 0 Å². The average molecular weight is 449 g/mol. The van der Waals surface area contributed by atoms with Crippen LogP contribution < -0.4 is 0 Å². The van der Waals surface area contributed by atoms with Crippen molar-refractivity contribution >= 4 is 0 Å². The van der Waals surface area contributed by atoms with E-state index in [4.69, 9.17) is 9.47 Å². The fourth-order valence-corrected chi connectivity index (χ4v) is 5.62. The van der Waals surface area contributed by atoms with Gasteiger partial charge >= 0.3 is 0 Å². The van der Waals surface area contributed by atoms with Gasteiger partial charge in [0.15, 0.2) is 0 Å². The third-order valence-corrected chi connectivity index (χ3v) is 8.50. The summed E-state index contributed by atoms with van der Waals surface area (Å²) in [6.07, 6.45) is 20.5. The lowest BCUT2D eigenvalue weighted by Crippen LogP contribution is -2.47. The molecule has 2 aliphatic carbocycles. The summed E-state index contributed by atoms with van der Waals surface area (Å²) < 4.78 is 12.1. The van der Waals surface area contributed by atoms with Crippen molar-refractivity contribution in [2.24, 2.45) is 11.3 Å². The monoisotopic (exact) mass is 448 g/mol. The molecule has 2 unspecified atom stereocenters. The van der Waals surface area contributed by atoms with Gasteiger partial charge in [-0.2, -0.15) is 0 Å². The van der Waals surface area contributed by atoms with Gasteiger partial charge in [-0.1, -0.05) is 96.3 Å². The van der Waals surface area contributed by atoms with E-state index in [-0.39, 0.29) is 12.2 Å². The third-order valence-electron chi connectivity index (χ3n) is 8.50. The third kappa shape index (κ3) is 7.71. The Bertz CT molecular complexity index is 577. The molecule has 0 aromatic rings. The maximum atomic E-state index is 11.8. The fourth-order valence-electron chi connectivity index (χ4n) is 5.62. The molecule has 2 rings (SSSR count). The summed E-state index contributed by atoms with van der Waals surface area (Å²) in [6.45, 7) is 12.1. The number of aliphatic hydroxyl groups excluding tert-OH is 1. The first-order valence-corrected chi connectivity index (χ1v) is 13.6. The molecule has 2 atom stereocenters. The number of allylic oxidation sites excluding steroid dienone is 3. The summed E-state index contributed by atoms with van der Waals surface area (Å²) in [7, 11) is 0. The van der Waals surface area contributed by atoms with Gasteiger partial charge in [0, 0.05) is 6.61 Å². The molecule has 3 heteroatoms. The van der Waals surface area contributed by atoms with E-state index in [1.54, 1.807) is 0 Å². The van der Waals surface area contributed by atoms with E-state index in [2.05, 4.69) is 39.8 Å². The minimum atomic E-state index is -0.547. The molecule has 0 spiro atoms. The topological polar surface area (TPSA) is 38.7 Å². The lowest BCUT2D eigenvalue weighted by atomic mass is 9.75. The van der Waals surface area contributed by atoms with E-state index in [0.717, 1.165) is 50.5 Å². The first-order valence-electron chi connectivity index (χ1n) is 13.6. The second-order valence-corrected chi connectivity index (χ2v) is 10.8. The molecule has 0 bridgehead atoms. The van der Waals surface area contributed by atoms with E-state index >= 15 is 0 Å². The second kappa shape index (κ2) is 13.9. The molecule has 0 heterocycles. The SMILES string of the molecule is CCOCOC1(C(O)C(=CCC2CC=C(C)C2(C)C)CC)CCCCCCCCCCC1. The van der Waals surface area contributed by atoms with Crippen LogP contribution in [0.5, 0.6) is 0 Å². The highest BCUT2D eigenvalue weighted by Gasteiger charge is 2.40. The molecule has 32 heavy (non-hydrogen) atoms. The molecule has 0 aromatic carbocycles. The van der Waals surface area contributed by atoms with E-state index in [1.165, 1.54) is 50.5 Å². The Kier molecular flexibility index (Phi) is 12.0. The van der Waals surface area contributed by atoms with Gasteiger partial charge in [-0.15, -0.1) is 0 Å². The number of hydrogen-bond acceptors (Lipinski definition) is 3. The van der Waals surface area contributed by atoms with Crippen molar-refractivity contribution in [3.8, 4) is 0 Å². The molecule has 0 amide bonds. The molecule has 0 radical (unpaired) electrons. The highest BCUT2D eigenvalue weighted by Crippen LogP contribution is 2.45. The molecular weight excluding hydrogens is 396 g/mol. The van der Waals surface area contributed by atoms with Crippen LogP contribution in [0.15, 0.2) is 23.3 Å². The number of rotatable bonds is 9. The highest BCUT2D eigenvalue weighted by molar-refractivity contribution is 5.21. The van der Waals surface area contributed by atoms with E-state index in [0.29, 0.717) is 12.5 Å². The van der Waals surface area contributed by atoms with Crippen molar-refractivity contribution in [3.05, 3.63) is 23.3 Å². The summed E-state index contributed by atoms with van der Waals surface area (Å²) in [5.74, 6) is 0.618. The van der Waals surface area contributed by atoms with Crippen molar-refractivity contribution < 1.29 is 14.6 Å². The van der Waals surface area contributed by atoms with Gasteiger partial charge in [0.2, 0.25) is 0 Å². The maximum absolute atomic E-state index is 11.8. The standard InChI is InChI=1S/C29H52O3/c1-6-25(18-20-26-19-17-24(3)28(26,4)5)27(30)29(32-23-31-7-2)21-15-13-11-9-8-10-12-14-16-22-29/h17-18,26-27,30H,6-16,19-23H2,1-5H3. The summed E-state index contributed by atoms with van der Waals surface area (Å²) >= 11 is 0. The molecule has 1 N–H and O–H groups in total. The molecule has 0 saturated heterocycles. The molecule has 0 aliphatic heterocycles. The van der Waals surface area contributed by atoms with Crippen molar-refractivity contribution in [3.63, 3.8) is 0 Å². The second-order valence-electron chi connectivity index (χ2n) is 10.8. The van der Waals surface area contributed by atoms with Gasteiger partial charge in [0.1, 0.15) is 18.5 Å². The maximum Gasteiger partial charge on any atom is 0.147 e. The minimum absolute atomic E-state index is 0.247. The van der Waals surface area contributed by atoms with Crippen LogP contribution in [-0.4, -0.2) is 30.2 Å². The predicted octanol–water partition coefficient (Wildman–Crippen LogP) is 8.12. The van der Waals surface area contributed by atoms with Crippen LogP contribution in [0, 0.1) is 11.3 Å². The summed E-state index contributed by atoms with van der Waals surface area (Å²) in [5.41, 5.74) is 2.39. The van der Waals surface area contributed by atoms with Gasteiger partial charge < -0.3 is 14.6 Å². The smallest absolute Gasteiger partial charge is 0.147 e. The van der Waals surface area contributed by atoms with Crippen LogP contribution in [0.2, 0.25) is 0 Å². The van der Waals surface area contributed by atoms with Gasteiger partial charge in [0.05, 0.1) is 0 Å². The quantitative estimate of drug-likeness (QED) is 0.220. The van der Waals surface area contributed by atoms with Crippen molar-refractivity contribution in [2.45, 2.75) is 136 Å². The van der Waals surface area contributed by atoms with Crippen molar-refractivity contribution in [2.75, 3.05) is 13.4 Å². The zero-order valence-corrected chi connectivity index (χ0v) is 21.9. The Balaban J connectivity index is 2.19. The summed E-state index contributed by atoms with van der Waals surface area (Å²) in [6, 6.07) is 0. The number of aliphatic hydroxyl groups is 1. The molecular formula is C29H52O3. The van der Waals surface area contributed by atoms with Crippen molar-refractivity contribution in [1.82, 2.24) is 0 Å². The molecule has 2 aliphatic rings. The largest absolute Gasteiger partial charge is 0.386 e. The van der Waals surface area contributed by atoms with E-state index in [1.807, 2.05) is 6.92 Å². The molecule has 1 fully saturated rings. The minimum Gasteiger partial charge on any atom is -0.386 e. The fraction of sp³-hybridized carbons (Fsp3) is 0.862. The van der Waals surface area contributed by atoms with E-state index < -0.39 is 11.7 Å². The lowest BCUT2D eigenvalue weighted by Gasteiger charge is -2.40. The normalized spacial score (nSPS) is 26.1. The Labute approximate surface area is 199 Å². The Morgan fingerprint density at radius 3 is 2.06 bits per heavy atom. The van der Waals surface area contributed by atoms with Gasteiger partial charge in [-0.3, -0.25) is 0 Å². The number of hydrogen-bond donors (Lipinski definition) is 1. The summed E-state index contributed by atoms with van der Waals surface area (Å²) in [4.78, 5) is 0. The van der Waals surface area contributed by atoms with Gasteiger partial charge in [-0.25, -0.2) is 0 Å². The van der Waals surface area contributed by atoms with Crippen molar-refractivity contribution in [1.29, 1.82) is 0 Å². The Morgan fingerprint density at radius 2 is 1.59 bits per heavy atom. The van der Waals surface area contributed by atoms with Crippen LogP contribution >= 0.6 is 0 Å². The Hall–Kier alpha value is -0.640. The van der Waals surface area contributed by atoms with Crippen LogP contribution in [0.1, 0.15) is 125 Å². The Morgan fingerprint density at radius 1 is 1.03 bits per heavy atom. The predicted molar refractivity (Wildman–Crippen MR) is 136 cm³/mol. The molecule has 1 saturated carbocycles.